The molecule has 0 aliphatic carbocycles. The predicted molar refractivity (Wildman–Crippen MR) is 104 cm³/mol. The van der Waals surface area contributed by atoms with E-state index in [1.165, 1.54) is 7.05 Å². The van der Waals surface area contributed by atoms with Crippen molar-refractivity contribution in [2.24, 2.45) is 0 Å². The number of rotatable bonds is 9. The number of nitrogens with zero attached hydrogens (tertiary/aromatic N) is 1. The number of aliphatic carboxylic acids is 1. The van der Waals surface area contributed by atoms with Gasteiger partial charge in [0.25, 0.3) is 5.91 Å². The molecule has 0 radical (unpaired) electrons. The van der Waals surface area contributed by atoms with Crippen LogP contribution in [-0.2, 0) is 16.0 Å². The zero-order chi connectivity index (χ0) is 20.5. The molecule has 2 amide bonds. The van der Waals surface area contributed by atoms with Gasteiger partial charge in [-0.25, -0.2) is 4.79 Å². The molecule has 7 nitrogen and oxygen atoms in total. The molecule has 7 heteroatoms. The van der Waals surface area contributed by atoms with Crippen LogP contribution in [-0.4, -0.2) is 54.0 Å². The topological polar surface area (TPSA) is 95.9 Å². The van der Waals surface area contributed by atoms with Gasteiger partial charge in [0.15, 0.2) is 0 Å². The average Bonchev–Trinajstić information content (AvgIpc) is 2.70. The van der Waals surface area contributed by atoms with Gasteiger partial charge < -0.3 is 20.1 Å². The molecular formula is C21H24N2O5. The first-order valence-corrected chi connectivity index (χ1v) is 8.95. The number of amides is 2. The van der Waals surface area contributed by atoms with Crippen molar-refractivity contribution in [3.8, 4) is 5.75 Å². The molecule has 2 rings (SSSR count). The summed E-state index contributed by atoms with van der Waals surface area (Å²) in [5, 5.41) is 12.0. The van der Waals surface area contributed by atoms with Crippen LogP contribution < -0.4 is 10.1 Å². The molecule has 148 valence electrons. The minimum Gasteiger partial charge on any atom is -0.494 e. The van der Waals surface area contributed by atoms with Gasteiger partial charge in [-0.3, -0.25) is 9.59 Å². The highest BCUT2D eigenvalue weighted by Gasteiger charge is 2.26. The first kappa shape index (κ1) is 21.0. The molecular weight excluding hydrogens is 360 g/mol. The van der Waals surface area contributed by atoms with Crippen molar-refractivity contribution in [3.05, 3.63) is 65.7 Å². The lowest BCUT2D eigenvalue weighted by atomic mass is 10.0. The number of carboxylic acids is 1. The quantitative estimate of drug-likeness (QED) is 0.689. The van der Waals surface area contributed by atoms with Gasteiger partial charge in [0.05, 0.1) is 13.2 Å². The van der Waals surface area contributed by atoms with Gasteiger partial charge in [-0.2, -0.15) is 0 Å². The lowest BCUT2D eigenvalue weighted by Gasteiger charge is -2.25. The molecule has 1 atom stereocenters. The maximum Gasteiger partial charge on any atom is 0.326 e. The Morgan fingerprint density at radius 1 is 1.07 bits per heavy atom. The van der Waals surface area contributed by atoms with Crippen LogP contribution in [0.4, 0.5) is 0 Å². The third-order valence-corrected chi connectivity index (χ3v) is 4.25. The molecule has 0 saturated carbocycles. The number of likely N-dealkylation sites (N-methyl/N-ethyl adjacent to an activating group) is 1. The fraction of sp³-hybridized carbons (Fsp3) is 0.286. The lowest BCUT2D eigenvalue weighted by Crippen LogP contribution is -2.47. The molecule has 28 heavy (non-hydrogen) atoms. The van der Waals surface area contributed by atoms with Crippen LogP contribution in [0, 0.1) is 0 Å². The maximum absolute atomic E-state index is 12.4. The van der Waals surface area contributed by atoms with Crippen LogP contribution in [0.5, 0.6) is 5.75 Å². The molecule has 2 aromatic rings. The van der Waals surface area contributed by atoms with E-state index in [9.17, 15) is 19.5 Å². The van der Waals surface area contributed by atoms with Crippen LogP contribution in [0.15, 0.2) is 54.6 Å². The summed E-state index contributed by atoms with van der Waals surface area (Å²) in [6.07, 6.45) is 0.186. The van der Waals surface area contributed by atoms with E-state index in [-0.39, 0.29) is 13.0 Å². The van der Waals surface area contributed by atoms with Crippen LogP contribution in [0.25, 0.3) is 0 Å². The Morgan fingerprint density at radius 3 is 2.29 bits per heavy atom. The number of carbonyl (C=O) groups excluding carboxylic acids is 2. The van der Waals surface area contributed by atoms with Crippen LogP contribution in [0.1, 0.15) is 22.8 Å². The highest BCUT2D eigenvalue weighted by Crippen LogP contribution is 2.12. The van der Waals surface area contributed by atoms with E-state index in [0.29, 0.717) is 17.9 Å². The second-order valence-electron chi connectivity index (χ2n) is 6.19. The summed E-state index contributed by atoms with van der Waals surface area (Å²) in [6, 6.07) is 14.6. The molecule has 0 aromatic heterocycles. The van der Waals surface area contributed by atoms with Gasteiger partial charge in [0, 0.05) is 19.0 Å². The molecule has 0 spiro atoms. The van der Waals surface area contributed by atoms with E-state index >= 15 is 0 Å². The van der Waals surface area contributed by atoms with Crippen LogP contribution >= 0.6 is 0 Å². The Morgan fingerprint density at radius 2 is 1.71 bits per heavy atom. The van der Waals surface area contributed by atoms with E-state index < -0.39 is 23.8 Å². The molecule has 1 unspecified atom stereocenters. The fourth-order valence-electron chi connectivity index (χ4n) is 2.65. The number of ether oxygens (including phenoxy) is 1. The van der Waals surface area contributed by atoms with Crippen LogP contribution in [0.2, 0.25) is 0 Å². The largest absolute Gasteiger partial charge is 0.494 e. The monoisotopic (exact) mass is 384 g/mol. The van der Waals surface area contributed by atoms with Gasteiger partial charge in [-0.15, -0.1) is 0 Å². The number of hydrogen-bond acceptors (Lipinski definition) is 4. The molecule has 2 N–H and O–H groups in total. The number of carbonyl (C=O) groups is 3. The van der Waals surface area contributed by atoms with Gasteiger partial charge in [-0.1, -0.05) is 30.3 Å². The summed E-state index contributed by atoms with van der Waals surface area (Å²) in [5.41, 5.74) is 1.20. The minimum atomic E-state index is -1.10. The lowest BCUT2D eigenvalue weighted by molar-refractivity contribution is -0.148. The standard InChI is InChI=1S/C21H24N2O5/c1-3-28-17-11-9-16(10-12-17)20(25)22-14-19(24)23(2)18(21(26)27)13-15-7-5-4-6-8-15/h4-12,18H,3,13-14H2,1-2H3,(H,22,25)(H,26,27). The fourth-order valence-corrected chi connectivity index (χ4v) is 2.65. The molecule has 2 aromatic carbocycles. The number of carboxylic acid groups (broad SMARTS) is 1. The van der Waals surface area contributed by atoms with E-state index in [4.69, 9.17) is 4.74 Å². The number of benzene rings is 2. The van der Waals surface area contributed by atoms with Crippen molar-refractivity contribution < 1.29 is 24.2 Å². The molecule has 0 fully saturated rings. The second kappa shape index (κ2) is 10.1. The summed E-state index contributed by atoms with van der Waals surface area (Å²) in [7, 11) is 1.42. The normalized spacial score (nSPS) is 11.4. The van der Waals surface area contributed by atoms with Gasteiger partial charge in [0.1, 0.15) is 11.8 Å². The summed E-state index contributed by atoms with van der Waals surface area (Å²) in [6.45, 7) is 2.10. The van der Waals surface area contributed by atoms with Crippen molar-refractivity contribution in [1.82, 2.24) is 10.2 Å². The van der Waals surface area contributed by atoms with E-state index in [2.05, 4.69) is 5.32 Å². The van der Waals surface area contributed by atoms with E-state index in [0.717, 1.165) is 10.5 Å². The Labute approximate surface area is 163 Å². The highest BCUT2D eigenvalue weighted by molar-refractivity contribution is 5.97. The maximum atomic E-state index is 12.4. The number of hydrogen-bond donors (Lipinski definition) is 2. The Hall–Kier alpha value is -3.35. The predicted octanol–water partition coefficient (Wildman–Crippen LogP) is 1.97. The van der Waals surface area contributed by atoms with Crippen molar-refractivity contribution in [3.63, 3.8) is 0 Å². The first-order chi connectivity index (χ1) is 13.4. The first-order valence-electron chi connectivity index (χ1n) is 8.95. The van der Waals surface area contributed by atoms with E-state index in [1.807, 2.05) is 37.3 Å². The molecule has 0 heterocycles. The molecule has 0 bridgehead atoms. The molecule has 0 saturated heterocycles. The van der Waals surface area contributed by atoms with Gasteiger partial charge >= 0.3 is 5.97 Å². The Kier molecular flexibility index (Phi) is 7.56. The molecule has 0 aliphatic rings. The smallest absolute Gasteiger partial charge is 0.326 e. The van der Waals surface area contributed by atoms with Crippen LogP contribution in [0.3, 0.4) is 0 Å². The number of nitrogens with one attached hydrogen (secondary N) is 1. The second-order valence-corrected chi connectivity index (χ2v) is 6.19. The molecule has 0 aliphatic heterocycles. The SMILES string of the molecule is CCOc1ccc(C(=O)NCC(=O)N(C)C(Cc2ccccc2)C(=O)O)cc1. The van der Waals surface area contributed by atoms with Gasteiger partial charge in [-0.05, 0) is 36.8 Å². The zero-order valence-electron chi connectivity index (χ0n) is 15.9. The summed E-state index contributed by atoms with van der Waals surface area (Å²) >= 11 is 0. The van der Waals surface area contributed by atoms with Crippen molar-refractivity contribution in [2.75, 3.05) is 20.2 Å². The summed E-state index contributed by atoms with van der Waals surface area (Å²) < 4.78 is 5.32. The van der Waals surface area contributed by atoms with E-state index in [1.54, 1.807) is 24.3 Å². The zero-order valence-corrected chi connectivity index (χ0v) is 15.9. The Balaban J connectivity index is 1.94. The minimum absolute atomic E-state index is 0.186. The average molecular weight is 384 g/mol. The Bertz CT molecular complexity index is 805. The van der Waals surface area contributed by atoms with Gasteiger partial charge in [0.2, 0.25) is 5.91 Å². The van der Waals surface area contributed by atoms with Crippen molar-refractivity contribution in [1.29, 1.82) is 0 Å². The summed E-state index contributed by atoms with van der Waals surface area (Å²) in [4.78, 5) is 37.3. The third kappa shape index (κ3) is 5.84. The summed E-state index contributed by atoms with van der Waals surface area (Å²) in [5.74, 6) is -1.35. The van der Waals surface area contributed by atoms with Crippen molar-refractivity contribution >= 4 is 17.8 Å². The highest BCUT2D eigenvalue weighted by atomic mass is 16.5. The third-order valence-electron chi connectivity index (χ3n) is 4.25. The van der Waals surface area contributed by atoms with Crippen molar-refractivity contribution in [2.45, 2.75) is 19.4 Å².